The molecule has 1 aliphatic rings. The van der Waals surface area contributed by atoms with E-state index >= 15 is 0 Å². The van der Waals surface area contributed by atoms with Crippen LogP contribution < -0.4 is 15.0 Å². The van der Waals surface area contributed by atoms with Crippen LogP contribution in [0.15, 0.2) is 54.6 Å². The highest BCUT2D eigenvalue weighted by Gasteiger charge is 2.30. The van der Waals surface area contributed by atoms with E-state index in [-0.39, 0.29) is 12.1 Å². The van der Waals surface area contributed by atoms with Crippen molar-refractivity contribution in [2.75, 3.05) is 18.1 Å². The highest BCUT2D eigenvalue weighted by molar-refractivity contribution is 5.94. The maximum Gasteiger partial charge on any atom is 0.322 e. The summed E-state index contributed by atoms with van der Waals surface area (Å²) in [6, 6.07) is 17.8. The van der Waals surface area contributed by atoms with E-state index in [1.165, 1.54) is 5.56 Å². The predicted molar refractivity (Wildman–Crippen MR) is 87.4 cm³/mol. The van der Waals surface area contributed by atoms with E-state index in [2.05, 4.69) is 18.3 Å². The lowest BCUT2D eigenvalue weighted by molar-refractivity contribution is 0.240. The molecule has 1 aliphatic heterocycles. The Labute approximate surface area is 130 Å². The molecule has 114 valence electrons. The van der Waals surface area contributed by atoms with Gasteiger partial charge in [-0.05, 0) is 37.1 Å². The van der Waals surface area contributed by atoms with E-state index in [4.69, 9.17) is 4.74 Å². The molecule has 4 heteroatoms. The molecule has 0 radical (unpaired) electrons. The molecule has 1 atom stereocenters. The zero-order valence-corrected chi connectivity index (χ0v) is 12.7. The Morgan fingerprint density at radius 1 is 1.18 bits per heavy atom. The summed E-state index contributed by atoms with van der Waals surface area (Å²) < 4.78 is 5.58. The highest BCUT2D eigenvalue weighted by atomic mass is 16.5. The molecular formula is C18H20N2O2. The first-order valence-corrected chi connectivity index (χ1v) is 7.58. The fraction of sp³-hybridized carbons (Fsp3) is 0.278. The van der Waals surface area contributed by atoms with Crippen LogP contribution >= 0.6 is 0 Å². The minimum Gasteiger partial charge on any atom is -0.492 e. The van der Waals surface area contributed by atoms with Crippen molar-refractivity contribution in [3.63, 3.8) is 0 Å². The third-order valence-electron chi connectivity index (χ3n) is 3.82. The van der Waals surface area contributed by atoms with Crippen molar-refractivity contribution in [2.24, 2.45) is 0 Å². The molecule has 4 nitrogen and oxygen atoms in total. The molecule has 1 heterocycles. The third kappa shape index (κ3) is 3.06. The van der Waals surface area contributed by atoms with Crippen molar-refractivity contribution in [3.8, 4) is 5.75 Å². The number of carbonyl (C=O) groups excluding carboxylic acids is 1. The molecule has 0 aromatic heterocycles. The summed E-state index contributed by atoms with van der Waals surface area (Å²) in [6.07, 6.45) is 0.907. The Kier molecular flexibility index (Phi) is 4.28. The van der Waals surface area contributed by atoms with Crippen LogP contribution in [0, 0.1) is 0 Å². The highest BCUT2D eigenvalue weighted by Crippen LogP contribution is 2.31. The molecule has 1 unspecified atom stereocenters. The van der Waals surface area contributed by atoms with E-state index in [1.807, 2.05) is 53.4 Å². The Bertz CT molecular complexity index is 643. The predicted octanol–water partition coefficient (Wildman–Crippen LogP) is 3.23. The average molecular weight is 296 g/mol. The van der Waals surface area contributed by atoms with Crippen LogP contribution in [-0.4, -0.2) is 25.2 Å². The van der Waals surface area contributed by atoms with Gasteiger partial charge in [0.15, 0.2) is 0 Å². The van der Waals surface area contributed by atoms with Crippen molar-refractivity contribution in [1.82, 2.24) is 5.32 Å². The number of nitrogens with zero attached hydrogens (tertiary/aromatic N) is 1. The first kappa shape index (κ1) is 14.4. The quantitative estimate of drug-likeness (QED) is 0.880. The number of anilines is 1. The average Bonchev–Trinajstić information content (AvgIpc) is 2.88. The summed E-state index contributed by atoms with van der Waals surface area (Å²) in [6.45, 7) is 3.01. The van der Waals surface area contributed by atoms with Crippen molar-refractivity contribution < 1.29 is 9.53 Å². The zero-order valence-electron chi connectivity index (χ0n) is 12.7. The monoisotopic (exact) mass is 296 g/mol. The van der Waals surface area contributed by atoms with Gasteiger partial charge in [0.05, 0.1) is 6.54 Å². The van der Waals surface area contributed by atoms with Gasteiger partial charge < -0.3 is 10.1 Å². The van der Waals surface area contributed by atoms with Crippen molar-refractivity contribution in [1.29, 1.82) is 0 Å². The third-order valence-corrected chi connectivity index (χ3v) is 3.82. The van der Waals surface area contributed by atoms with Crippen molar-refractivity contribution in [3.05, 3.63) is 60.2 Å². The maximum atomic E-state index is 12.4. The number of fused-ring (bicyclic) bond motifs is 1. The number of ether oxygens (including phenoxy) is 1. The lowest BCUT2D eigenvalue weighted by atomic mass is 10.1. The molecule has 22 heavy (non-hydrogen) atoms. The molecule has 3 rings (SSSR count). The minimum absolute atomic E-state index is 0.0610. The fourth-order valence-corrected chi connectivity index (χ4v) is 2.80. The first-order chi connectivity index (χ1) is 10.8. The maximum absolute atomic E-state index is 12.4. The number of rotatable bonds is 4. The molecule has 2 aromatic rings. The van der Waals surface area contributed by atoms with Crippen LogP contribution in [-0.2, 0) is 6.42 Å². The molecule has 0 fully saturated rings. The van der Waals surface area contributed by atoms with Crippen LogP contribution in [0.3, 0.4) is 0 Å². The van der Waals surface area contributed by atoms with E-state index in [1.54, 1.807) is 0 Å². The van der Waals surface area contributed by atoms with E-state index in [0.29, 0.717) is 13.2 Å². The number of para-hydroxylation sites is 2. The molecule has 0 aliphatic carbocycles. The standard InChI is InChI=1S/C18H20N2O2/c1-14-13-15-7-5-6-10-17(15)20(14)18(21)19-11-12-22-16-8-3-2-4-9-16/h2-10,14H,11-13H2,1H3,(H,19,21). The van der Waals surface area contributed by atoms with Gasteiger partial charge in [-0.15, -0.1) is 0 Å². The first-order valence-electron chi connectivity index (χ1n) is 7.58. The van der Waals surface area contributed by atoms with Gasteiger partial charge in [-0.3, -0.25) is 4.90 Å². The molecule has 0 spiro atoms. The van der Waals surface area contributed by atoms with Gasteiger partial charge in [-0.2, -0.15) is 0 Å². The van der Waals surface area contributed by atoms with Crippen molar-refractivity contribution >= 4 is 11.7 Å². The van der Waals surface area contributed by atoms with Crippen LogP contribution in [0.2, 0.25) is 0 Å². The van der Waals surface area contributed by atoms with Gasteiger partial charge in [-0.1, -0.05) is 36.4 Å². The summed E-state index contributed by atoms with van der Waals surface area (Å²) >= 11 is 0. The second-order valence-electron chi connectivity index (χ2n) is 5.45. The largest absolute Gasteiger partial charge is 0.492 e. The van der Waals surface area contributed by atoms with Crippen LogP contribution in [0.4, 0.5) is 10.5 Å². The van der Waals surface area contributed by atoms with E-state index in [0.717, 1.165) is 17.9 Å². The number of nitrogens with one attached hydrogen (secondary N) is 1. The van der Waals surface area contributed by atoms with Gasteiger partial charge in [0, 0.05) is 11.7 Å². The summed E-state index contributed by atoms with van der Waals surface area (Å²) in [5.74, 6) is 0.816. The molecule has 2 aromatic carbocycles. The smallest absolute Gasteiger partial charge is 0.322 e. The molecule has 0 bridgehead atoms. The zero-order chi connectivity index (χ0) is 15.4. The molecule has 0 saturated carbocycles. The van der Waals surface area contributed by atoms with E-state index < -0.39 is 0 Å². The summed E-state index contributed by atoms with van der Waals surface area (Å²) in [5.41, 5.74) is 2.24. The topological polar surface area (TPSA) is 41.6 Å². The minimum atomic E-state index is -0.0610. The van der Waals surface area contributed by atoms with E-state index in [9.17, 15) is 4.79 Å². The Morgan fingerprint density at radius 3 is 2.73 bits per heavy atom. The number of hydrogen-bond acceptors (Lipinski definition) is 2. The molecule has 0 saturated heterocycles. The van der Waals surface area contributed by atoms with Crippen LogP contribution in [0.1, 0.15) is 12.5 Å². The van der Waals surface area contributed by atoms with Gasteiger partial charge in [0.2, 0.25) is 0 Å². The number of hydrogen-bond donors (Lipinski definition) is 1. The van der Waals surface area contributed by atoms with Gasteiger partial charge in [-0.25, -0.2) is 4.79 Å². The lowest BCUT2D eigenvalue weighted by Gasteiger charge is -2.23. The Hall–Kier alpha value is -2.49. The molecule has 2 amide bonds. The fourth-order valence-electron chi connectivity index (χ4n) is 2.80. The van der Waals surface area contributed by atoms with Gasteiger partial charge in [0.25, 0.3) is 0 Å². The summed E-state index contributed by atoms with van der Waals surface area (Å²) in [7, 11) is 0. The lowest BCUT2D eigenvalue weighted by Crippen LogP contribution is -2.44. The number of urea groups is 1. The molecular weight excluding hydrogens is 276 g/mol. The second-order valence-corrected chi connectivity index (χ2v) is 5.45. The van der Waals surface area contributed by atoms with Gasteiger partial charge in [0.1, 0.15) is 12.4 Å². The Balaban J connectivity index is 1.52. The second kappa shape index (κ2) is 6.52. The SMILES string of the molecule is CC1Cc2ccccc2N1C(=O)NCCOc1ccccc1. The number of carbonyl (C=O) groups is 1. The Morgan fingerprint density at radius 2 is 1.91 bits per heavy atom. The normalized spacial score (nSPS) is 16.2. The summed E-state index contributed by atoms with van der Waals surface area (Å²) in [4.78, 5) is 14.2. The number of benzene rings is 2. The van der Waals surface area contributed by atoms with Crippen LogP contribution in [0.5, 0.6) is 5.75 Å². The van der Waals surface area contributed by atoms with Crippen LogP contribution in [0.25, 0.3) is 0 Å². The molecule has 1 N–H and O–H groups in total. The van der Waals surface area contributed by atoms with Gasteiger partial charge >= 0.3 is 6.03 Å². The van der Waals surface area contributed by atoms with Crippen molar-refractivity contribution in [2.45, 2.75) is 19.4 Å². The number of amides is 2. The summed E-state index contributed by atoms with van der Waals surface area (Å²) in [5, 5.41) is 2.93.